The number of nitrogens with one attached hydrogen (secondary N) is 1. The number of carbonyl (C=O) groups excluding carboxylic acids is 1. The zero-order valence-corrected chi connectivity index (χ0v) is 49.3. The van der Waals surface area contributed by atoms with Crippen LogP contribution < -0.4 is 5.32 Å². The highest BCUT2D eigenvalue weighted by atomic mass is 31.2. The number of hydrogen-bond donors (Lipinski definition) is 3. The Kier molecular flexibility index (Phi) is 53.1. The molecule has 0 aliphatic carbocycles. The predicted molar refractivity (Wildman–Crippen MR) is 314 cm³/mol. The molecule has 0 aliphatic rings. The average Bonchev–Trinajstić information content (AvgIpc) is 3.34. The van der Waals surface area contributed by atoms with Crippen molar-refractivity contribution in [2.45, 2.75) is 309 Å². The van der Waals surface area contributed by atoms with Crippen LogP contribution in [0.15, 0.2) is 48.6 Å². The summed E-state index contributed by atoms with van der Waals surface area (Å²) in [5, 5.41) is 13.8. The van der Waals surface area contributed by atoms with Gasteiger partial charge in [0.05, 0.1) is 39.9 Å². The van der Waals surface area contributed by atoms with Crippen LogP contribution >= 0.6 is 7.82 Å². The Morgan fingerprint density at radius 1 is 0.458 bits per heavy atom. The van der Waals surface area contributed by atoms with Gasteiger partial charge in [-0.25, -0.2) is 4.57 Å². The Bertz CT molecular complexity index is 1310. The number of amides is 1. The Morgan fingerprint density at radius 3 is 1.17 bits per heavy atom. The van der Waals surface area contributed by atoms with Gasteiger partial charge in [0.2, 0.25) is 5.91 Å². The molecule has 0 aromatic rings. The monoisotopic (exact) mass is 1030 g/mol. The van der Waals surface area contributed by atoms with Crippen LogP contribution in [0.5, 0.6) is 0 Å². The summed E-state index contributed by atoms with van der Waals surface area (Å²) in [4.78, 5) is 23.2. The number of quaternary nitrogens is 1. The molecule has 0 aromatic carbocycles. The lowest BCUT2D eigenvalue weighted by Crippen LogP contribution is -2.45. The van der Waals surface area contributed by atoms with Gasteiger partial charge in [0, 0.05) is 6.42 Å². The van der Waals surface area contributed by atoms with Gasteiger partial charge in [-0.2, -0.15) is 0 Å². The molecule has 424 valence electrons. The van der Waals surface area contributed by atoms with E-state index in [0.717, 1.165) is 51.4 Å². The first-order valence-corrected chi connectivity index (χ1v) is 32.5. The van der Waals surface area contributed by atoms with E-state index in [2.05, 4.69) is 55.6 Å². The van der Waals surface area contributed by atoms with Crippen LogP contribution in [0, 0.1) is 0 Å². The van der Waals surface area contributed by atoms with E-state index in [1.54, 1.807) is 6.08 Å². The van der Waals surface area contributed by atoms with Gasteiger partial charge in [0.1, 0.15) is 13.2 Å². The maximum atomic E-state index is 12.9. The largest absolute Gasteiger partial charge is 0.472 e. The summed E-state index contributed by atoms with van der Waals surface area (Å²) in [5.74, 6) is -0.189. The van der Waals surface area contributed by atoms with Gasteiger partial charge >= 0.3 is 7.82 Å². The molecule has 0 spiro atoms. The molecule has 0 aromatic heterocycles. The first kappa shape index (κ1) is 70.5. The third-order valence-electron chi connectivity index (χ3n) is 14.0. The Balaban J connectivity index is 3.83. The zero-order chi connectivity index (χ0) is 52.7. The molecule has 0 saturated heterocycles. The molecule has 0 bridgehead atoms. The summed E-state index contributed by atoms with van der Waals surface area (Å²) in [5.41, 5.74) is 0. The van der Waals surface area contributed by atoms with Gasteiger partial charge in [-0.15, -0.1) is 0 Å². The van der Waals surface area contributed by atoms with Crippen molar-refractivity contribution in [1.29, 1.82) is 0 Å². The molecular formula is C63H122N2O6P+. The first-order chi connectivity index (χ1) is 35.0. The molecule has 0 radical (unpaired) electrons. The van der Waals surface area contributed by atoms with Gasteiger partial charge in [-0.05, 0) is 64.2 Å². The van der Waals surface area contributed by atoms with Crippen molar-refractivity contribution in [1.82, 2.24) is 5.32 Å². The molecule has 0 rings (SSSR count). The maximum Gasteiger partial charge on any atom is 0.472 e. The molecule has 1 amide bonds. The molecule has 3 N–H and O–H groups in total. The highest BCUT2D eigenvalue weighted by Gasteiger charge is 2.27. The molecule has 3 atom stereocenters. The highest BCUT2D eigenvalue weighted by molar-refractivity contribution is 7.47. The van der Waals surface area contributed by atoms with Crippen molar-refractivity contribution >= 4 is 13.7 Å². The lowest BCUT2D eigenvalue weighted by atomic mass is 10.0. The molecule has 0 saturated carbocycles. The normalized spacial score (nSPS) is 14.2. The van der Waals surface area contributed by atoms with Gasteiger partial charge in [-0.3, -0.25) is 13.8 Å². The van der Waals surface area contributed by atoms with Crippen molar-refractivity contribution in [3.05, 3.63) is 48.6 Å². The van der Waals surface area contributed by atoms with Crippen LogP contribution in [-0.2, 0) is 18.4 Å². The quantitative estimate of drug-likeness (QED) is 0.0243. The topological polar surface area (TPSA) is 105 Å². The zero-order valence-electron chi connectivity index (χ0n) is 48.4. The lowest BCUT2D eigenvalue weighted by Gasteiger charge is -2.25. The Labute approximate surface area is 448 Å². The van der Waals surface area contributed by atoms with Crippen molar-refractivity contribution < 1.29 is 32.9 Å². The van der Waals surface area contributed by atoms with Gasteiger partial charge < -0.3 is 19.8 Å². The van der Waals surface area contributed by atoms with Gasteiger partial charge in [0.15, 0.2) is 0 Å². The van der Waals surface area contributed by atoms with Gasteiger partial charge in [-0.1, -0.05) is 274 Å². The number of rotatable bonds is 57. The smallest absolute Gasteiger partial charge is 0.387 e. The summed E-state index contributed by atoms with van der Waals surface area (Å²) in [6.45, 7) is 4.73. The molecule has 72 heavy (non-hydrogen) atoms. The van der Waals surface area contributed by atoms with E-state index in [9.17, 15) is 19.4 Å². The van der Waals surface area contributed by atoms with E-state index in [1.165, 1.54) is 225 Å². The predicted octanol–water partition coefficient (Wildman–Crippen LogP) is 19.1. The summed E-state index contributed by atoms with van der Waals surface area (Å²) >= 11 is 0. The van der Waals surface area contributed by atoms with Crippen molar-refractivity contribution in [3.8, 4) is 0 Å². The number of unbranched alkanes of at least 4 members (excludes halogenated alkanes) is 38. The van der Waals surface area contributed by atoms with E-state index in [-0.39, 0.29) is 19.1 Å². The van der Waals surface area contributed by atoms with E-state index in [1.807, 2.05) is 27.2 Å². The SMILES string of the molecule is CCC/C=C/CC/C=C/CC/C=C/C(O)C(COP(=O)(O)OCC[N+](C)(C)C)NC(=O)CCCCCCCCCCCCCCCCCCCCCCCCCCCCC/C=C\CCCCCCCCCC. The number of phosphoric acid groups is 1. The van der Waals surface area contributed by atoms with Crippen LogP contribution in [-0.4, -0.2) is 73.4 Å². The second-order valence-electron chi connectivity index (χ2n) is 22.4. The fourth-order valence-corrected chi connectivity index (χ4v) is 9.87. The minimum atomic E-state index is -4.35. The molecular weight excluding hydrogens is 912 g/mol. The minimum absolute atomic E-state index is 0.0540. The molecule has 0 heterocycles. The number of allylic oxidation sites excluding steroid dienone is 7. The van der Waals surface area contributed by atoms with Crippen LogP contribution in [0.1, 0.15) is 296 Å². The van der Waals surface area contributed by atoms with Crippen molar-refractivity contribution in [2.24, 2.45) is 0 Å². The first-order valence-electron chi connectivity index (χ1n) is 31.0. The van der Waals surface area contributed by atoms with Crippen LogP contribution in [0.4, 0.5) is 0 Å². The fraction of sp³-hybridized carbons (Fsp3) is 0.857. The third kappa shape index (κ3) is 56.2. The molecule has 0 aliphatic heterocycles. The van der Waals surface area contributed by atoms with Crippen LogP contribution in [0.3, 0.4) is 0 Å². The Morgan fingerprint density at radius 2 is 0.792 bits per heavy atom. The second kappa shape index (κ2) is 54.3. The number of phosphoric ester groups is 1. The standard InChI is InChI=1S/C63H121N2O6P/c1-6-8-10-12-14-16-18-19-20-21-22-23-24-25-26-27-28-29-30-31-32-33-34-35-36-37-38-39-40-41-42-43-44-45-47-49-51-53-55-57-63(67)64-61(60-71-72(68,69)70-59-58-65(3,4)5)62(66)56-54-52-50-48-46-17-15-13-11-9-7-2/h11,13,21-22,46,48,54,56,61-62,66H,6-10,12,14-20,23-45,47,49-53,55,57-60H2,1-5H3,(H-,64,67,68,69)/p+1/b13-11+,22-21-,48-46+,56-54+. The lowest BCUT2D eigenvalue weighted by molar-refractivity contribution is -0.870. The third-order valence-corrected chi connectivity index (χ3v) is 15.0. The fourth-order valence-electron chi connectivity index (χ4n) is 9.14. The summed E-state index contributed by atoms with van der Waals surface area (Å²) in [6, 6.07) is -0.867. The van der Waals surface area contributed by atoms with Crippen LogP contribution in [0.25, 0.3) is 0 Å². The maximum absolute atomic E-state index is 12.9. The van der Waals surface area contributed by atoms with Crippen LogP contribution in [0.2, 0.25) is 0 Å². The molecule has 3 unspecified atom stereocenters. The molecule has 8 nitrogen and oxygen atoms in total. The van der Waals surface area contributed by atoms with E-state index >= 15 is 0 Å². The second-order valence-corrected chi connectivity index (χ2v) is 23.9. The number of carbonyl (C=O) groups is 1. The summed E-state index contributed by atoms with van der Waals surface area (Å²) in [6.07, 6.45) is 72.8. The van der Waals surface area contributed by atoms with Crippen molar-refractivity contribution in [3.63, 3.8) is 0 Å². The summed E-state index contributed by atoms with van der Waals surface area (Å²) in [7, 11) is 1.55. The highest BCUT2D eigenvalue weighted by Crippen LogP contribution is 2.43. The minimum Gasteiger partial charge on any atom is -0.387 e. The van der Waals surface area contributed by atoms with E-state index in [0.29, 0.717) is 17.4 Å². The Hall–Kier alpha value is -1.54. The number of hydrogen-bond acceptors (Lipinski definition) is 5. The van der Waals surface area contributed by atoms with E-state index < -0.39 is 20.0 Å². The number of likely N-dealkylation sites (N-methyl/N-ethyl adjacent to an activating group) is 1. The summed E-state index contributed by atoms with van der Waals surface area (Å²) < 4.78 is 23.6. The van der Waals surface area contributed by atoms with E-state index in [4.69, 9.17) is 9.05 Å². The van der Waals surface area contributed by atoms with Gasteiger partial charge in [0.25, 0.3) is 0 Å². The van der Waals surface area contributed by atoms with Crippen molar-refractivity contribution in [2.75, 3.05) is 40.9 Å². The number of nitrogens with zero attached hydrogens (tertiary/aromatic N) is 1. The molecule has 9 heteroatoms. The number of aliphatic hydroxyl groups excluding tert-OH is 1. The molecule has 0 fully saturated rings. The number of aliphatic hydroxyl groups is 1. The average molecular weight is 1030 g/mol.